The third-order valence-corrected chi connectivity index (χ3v) is 5.04. The Morgan fingerprint density at radius 1 is 1.16 bits per heavy atom. The molecule has 1 aliphatic rings. The maximum Gasteiger partial charge on any atom is 0.227 e. The first-order chi connectivity index (χ1) is 12.1. The molecule has 0 saturated heterocycles. The molecule has 0 bridgehead atoms. The molecule has 0 aliphatic carbocycles. The molecule has 3 rings (SSSR count). The highest BCUT2D eigenvalue weighted by molar-refractivity contribution is 7.98. The summed E-state index contributed by atoms with van der Waals surface area (Å²) < 4.78 is 11.1. The van der Waals surface area contributed by atoms with Crippen molar-refractivity contribution in [3.8, 4) is 11.5 Å². The molecule has 0 atom stereocenters. The number of carbonyl (C=O) groups excluding carboxylic acids is 1. The molecule has 0 unspecified atom stereocenters. The summed E-state index contributed by atoms with van der Waals surface area (Å²) in [6.45, 7) is 1.56. The quantitative estimate of drug-likeness (QED) is 0.737. The highest BCUT2D eigenvalue weighted by atomic mass is 35.5. The molecule has 2 aromatic carbocycles. The van der Waals surface area contributed by atoms with Gasteiger partial charge in [-0.25, -0.2) is 0 Å². The van der Waals surface area contributed by atoms with E-state index in [4.69, 9.17) is 21.1 Å². The van der Waals surface area contributed by atoms with Crippen molar-refractivity contribution in [3.63, 3.8) is 0 Å². The fourth-order valence-corrected chi connectivity index (χ4v) is 3.36. The lowest BCUT2D eigenvalue weighted by Gasteiger charge is -2.21. The van der Waals surface area contributed by atoms with E-state index < -0.39 is 0 Å². The van der Waals surface area contributed by atoms with Gasteiger partial charge in [-0.2, -0.15) is 0 Å². The molecular formula is C19H20ClNO3S. The maximum absolute atomic E-state index is 12.5. The van der Waals surface area contributed by atoms with Crippen LogP contribution in [-0.4, -0.2) is 37.3 Å². The molecule has 2 aromatic rings. The zero-order valence-electron chi connectivity index (χ0n) is 14.3. The molecule has 6 heteroatoms. The molecule has 0 N–H and O–H groups in total. The average molecular weight is 378 g/mol. The van der Waals surface area contributed by atoms with Crippen molar-refractivity contribution in [2.45, 2.75) is 17.9 Å². The third-order valence-electron chi connectivity index (χ3n) is 4.02. The SMILES string of the molecule is CSc1ccc(CN(C)C(=O)Cc2cc(Cl)c3c(c2)OCCO3)cc1. The molecule has 1 amide bonds. The van der Waals surface area contributed by atoms with E-state index in [1.807, 2.05) is 19.4 Å². The molecular weight excluding hydrogens is 358 g/mol. The van der Waals surface area contributed by atoms with Crippen molar-refractivity contribution in [1.82, 2.24) is 4.90 Å². The maximum atomic E-state index is 12.5. The Labute approximate surface area is 157 Å². The Hall–Kier alpha value is -1.85. The molecule has 0 saturated carbocycles. The van der Waals surface area contributed by atoms with Gasteiger partial charge in [-0.05, 0) is 41.6 Å². The Balaban J connectivity index is 1.65. The lowest BCUT2D eigenvalue weighted by molar-refractivity contribution is -0.129. The van der Waals surface area contributed by atoms with Crippen molar-refractivity contribution >= 4 is 29.3 Å². The van der Waals surface area contributed by atoms with Gasteiger partial charge in [0.25, 0.3) is 0 Å². The zero-order valence-corrected chi connectivity index (χ0v) is 15.8. The smallest absolute Gasteiger partial charge is 0.227 e. The van der Waals surface area contributed by atoms with E-state index >= 15 is 0 Å². The van der Waals surface area contributed by atoms with Crippen molar-refractivity contribution in [1.29, 1.82) is 0 Å². The van der Waals surface area contributed by atoms with E-state index in [9.17, 15) is 4.79 Å². The Bertz CT molecular complexity index is 764. The predicted octanol–water partition coefficient (Wildman–Crippen LogP) is 4.03. The van der Waals surface area contributed by atoms with Gasteiger partial charge in [-0.1, -0.05) is 23.7 Å². The number of nitrogens with zero attached hydrogens (tertiary/aromatic N) is 1. The number of rotatable bonds is 5. The third kappa shape index (κ3) is 4.41. The van der Waals surface area contributed by atoms with Crippen molar-refractivity contribution in [2.75, 3.05) is 26.5 Å². The van der Waals surface area contributed by atoms with E-state index in [0.29, 0.717) is 36.3 Å². The zero-order chi connectivity index (χ0) is 17.8. The number of likely N-dealkylation sites (N-methyl/N-ethyl adjacent to an activating group) is 1. The second kappa shape index (κ2) is 8.02. The van der Waals surface area contributed by atoms with Gasteiger partial charge < -0.3 is 14.4 Å². The van der Waals surface area contributed by atoms with Gasteiger partial charge in [0.2, 0.25) is 5.91 Å². The average Bonchev–Trinajstić information content (AvgIpc) is 2.62. The number of thioether (sulfide) groups is 1. The van der Waals surface area contributed by atoms with Gasteiger partial charge in [0.05, 0.1) is 11.4 Å². The van der Waals surface area contributed by atoms with Crippen LogP contribution in [0, 0.1) is 0 Å². The summed E-state index contributed by atoms with van der Waals surface area (Å²) in [4.78, 5) is 15.5. The topological polar surface area (TPSA) is 38.8 Å². The number of halogens is 1. The van der Waals surface area contributed by atoms with Gasteiger partial charge in [-0.3, -0.25) is 4.79 Å². The van der Waals surface area contributed by atoms with Crippen LogP contribution in [0.2, 0.25) is 5.02 Å². The van der Waals surface area contributed by atoms with E-state index in [1.54, 1.807) is 22.7 Å². The summed E-state index contributed by atoms with van der Waals surface area (Å²) in [5, 5.41) is 0.482. The summed E-state index contributed by atoms with van der Waals surface area (Å²) in [7, 11) is 1.81. The predicted molar refractivity (Wildman–Crippen MR) is 101 cm³/mol. The van der Waals surface area contributed by atoms with E-state index in [0.717, 1.165) is 11.1 Å². The first kappa shape index (κ1) is 18.0. The lowest BCUT2D eigenvalue weighted by Crippen LogP contribution is -2.27. The minimum absolute atomic E-state index is 0.0293. The summed E-state index contributed by atoms with van der Waals surface area (Å²) >= 11 is 7.94. The second-order valence-electron chi connectivity index (χ2n) is 5.88. The van der Waals surface area contributed by atoms with Crippen LogP contribution in [0.25, 0.3) is 0 Å². The number of hydrogen-bond acceptors (Lipinski definition) is 4. The van der Waals surface area contributed by atoms with Crippen LogP contribution in [0.5, 0.6) is 11.5 Å². The van der Waals surface area contributed by atoms with Crippen LogP contribution in [-0.2, 0) is 17.8 Å². The summed E-state index contributed by atoms with van der Waals surface area (Å²) in [5.41, 5.74) is 1.93. The Morgan fingerprint density at radius 3 is 2.60 bits per heavy atom. The number of amides is 1. The van der Waals surface area contributed by atoms with Gasteiger partial charge in [0.15, 0.2) is 11.5 Å². The van der Waals surface area contributed by atoms with Crippen LogP contribution >= 0.6 is 23.4 Å². The van der Waals surface area contributed by atoms with Crippen LogP contribution < -0.4 is 9.47 Å². The number of benzene rings is 2. The van der Waals surface area contributed by atoms with Gasteiger partial charge in [0.1, 0.15) is 13.2 Å². The van der Waals surface area contributed by atoms with Crippen molar-refractivity contribution < 1.29 is 14.3 Å². The van der Waals surface area contributed by atoms with Crippen molar-refractivity contribution in [3.05, 3.63) is 52.5 Å². The number of hydrogen-bond donors (Lipinski definition) is 0. The van der Waals surface area contributed by atoms with Crippen LogP contribution in [0.3, 0.4) is 0 Å². The second-order valence-corrected chi connectivity index (χ2v) is 7.16. The molecule has 4 nitrogen and oxygen atoms in total. The Morgan fingerprint density at radius 2 is 1.88 bits per heavy atom. The molecule has 132 valence electrons. The van der Waals surface area contributed by atoms with E-state index in [2.05, 4.69) is 24.3 Å². The normalized spacial score (nSPS) is 12.8. The highest BCUT2D eigenvalue weighted by Crippen LogP contribution is 2.38. The number of fused-ring (bicyclic) bond motifs is 1. The fraction of sp³-hybridized carbons (Fsp3) is 0.316. The number of ether oxygens (including phenoxy) is 2. The summed E-state index contributed by atoms with van der Waals surface area (Å²) in [6, 6.07) is 11.8. The fourth-order valence-electron chi connectivity index (χ4n) is 2.67. The standard InChI is InChI=1S/C19H20ClNO3S/c1-21(12-13-3-5-15(25-2)6-4-13)18(22)11-14-9-16(20)19-17(10-14)23-7-8-24-19/h3-6,9-10H,7-8,11-12H2,1-2H3. The largest absolute Gasteiger partial charge is 0.486 e. The molecule has 25 heavy (non-hydrogen) atoms. The molecule has 1 aliphatic heterocycles. The van der Waals surface area contributed by atoms with E-state index in [1.165, 1.54) is 4.90 Å². The molecule has 1 heterocycles. The summed E-state index contributed by atoms with van der Waals surface area (Å²) in [5.74, 6) is 1.20. The van der Waals surface area contributed by atoms with Gasteiger partial charge >= 0.3 is 0 Å². The summed E-state index contributed by atoms with van der Waals surface area (Å²) in [6.07, 6.45) is 2.32. The molecule has 0 aromatic heterocycles. The Kier molecular flexibility index (Phi) is 5.76. The lowest BCUT2D eigenvalue weighted by atomic mass is 10.1. The van der Waals surface area contributed by atoms with Crippen LogP contribution in [0.1, 0.15) is 11.1 Å². The molecule has 0 spiro atoms. The minimum atomic E-state index is 0.0293. The first-order valence-electron chi connectivity index (χ1n) is 8.01. The van der Waals surface area contributed by atoms with E-state index in [-0.39, 0.29) is 12.3 Å². The van der Waals surface area contributed by atoms with Crippen LogP contribution in [0.4, 0.5) is 0 Å². The molecule has 0 radical (unpaired) electrons. The molecule has 0 fully saturated rings. The minimum Gasteiger partial charge on any atom is -0.486 e. The van der Waals surface area contributed by atoms with Crippen molar-refractivity contribution in [2.24, 2.45) is 0 Å². The van der Waals surface area contributed by atoms with Crippen LogP contribution in [0.15, 0.2) is 41.3 Å². The van der Waals surface area contributed by atoms with Gasteiger partial charge in [0, 0.05) is 18.5 Å². The monoisotopic (exact) mass is 377 g/mol. The van der Waals surface area contributed by atoms with Gasteiger partial charge in [-0.15, -0.1) is 11.8 Å². The highest BCUT2D eigenvalue weighted by Gasteiger charge is 2.18. The number of carbonyl (C=O) groups is 1. The first-order valence-corrected chi connectivity index (χ1v) is 9.62.